The van der Waals surface area contributed by atoms with E-state index in [2.05, 4.69) is 16.0 Å². The lowest BCUT2D eigenvalue weighted by molar-refractivity contribution is -0.130. The fourth-order valence-electron chi connectivity index (χ4n) is 4.34. The molecule has 3 N–H and O–H groups in total. The molecule has 1 atom stereocenters. The lowest BCUT2D eigenvalue weighted by Crippen LogP contribution is -2.48. The van der Waals surface area contributed by atoms with Crippen molar-refractivity contribution in [3.63, 3.8) is 0 Å². The minimum Gasteiger partial charge on any atom is -0.442 e. The fourth-order valence-corrected chi connectivity index (χ4v) is 4.34. The van der Waals surface area contributed by atoms with Gasteiger partial charge in [-0.05, 0) is 35.3 Å². The average Bonchev–Trinajstić information content (AvgIpc) is 3.14. The Hall–Kier alpha value is -3.50. The first-order chi connectivity index (χ1) is 17.4. The number of carbonyl (C=O) groups is 3. The van der Waals surface area contributed by atoms with Crippen molar-refractivity contribution in [3.05, 3.63) is 65.1 Å². The van der Waals surface area contributed by atoms with E-state index in [4.69, 9.17) is 4.74 Å². The van der Waals surface area contributed by atoms with Gasteiger partial charge in [-0.15, -0.1) is 0 Å². The summed E-state index contributed by atoms with van der Waals surface area (Å²) in [5, 5.41) is 9.05. The summed E-state index contributed by atoms with van der Waals surface area (Å²) < 4.78 is 20.5. The van der Waals surface area contributed by atoms with E-state index in [9.17, 15) is 14.4 Å². The highest BCUT2D eigenvalue weighted by Gasteiger charge is 2.33. The molecule has 9 nitrogen and oxygen atoms in total. The highest BCUT2D eigenvalue weighted by molar-refractivity contribution is 5.78. The Morgan fingerprint density at radius 1 is 1.19 bits per heavy atom. The number of amides is 3. The third-order valence-electron chi connectivity index (χ3n) is 6.32. The van der Waals surface area contributed by atoms with Gasteiger partial charge in [-0.25, -0.2) is 9.18 Å². The number of hydrogen-bond donors (Lipinski definition) is 3. The Labute approximate surface area is 210 Å². The molecule has 10 heteroatoms. The second-order valence-electron chi connectivity index (χ2n) is 8.99. The number of allylic oxidation sites excluding steroid dienone is 5. The van der Waals surface area contributed by atoms with E-state index in [1.165, 1.54) is 17.9 Å². The van der Waals surface area contributed by atoms with E-state index in [-0.39, 0.29) is 31.4 Å². The Morgan fingerprint density at radius 2 is 1.94 bits per heavy atom. The molecule has 0 saturated carbocycles. The molecule has 2 heterocycles. The summed E-state index contributed by atoms with van der Waals surface area (Å²) in [5.41, 5.74) is 2.69. The van der Waals surface area contributed by atoms with E-state index in [1.807, 2.05) is 35.2 Å². The maximum atomic E-state index is 15.2. The summed E-state index contributed by atoms with van der Waals surface area (Å²) in [7, 11) is 0. The first kappa shape index (κ1) is 25.6. The third kappa shape index (κ3) is 6.58. The average molecular weight is 498 g/mol. The van der Waals surface area contributed by atoms with Crippen LogP contribution in [0.4, 0.5) is 9.18 Å². The van der Waals surface area contributed by atoms with E-state index in [0.717, 1.165) is 37.3 Å². The molecule has 3 amide bonds. The molecular weight excluding hydrogens is 465 g/mol. The van der Waals surface area contributed by atoms with Crippen LogP contribution < -0.4 is 16.0 Å². The maximum absolute atomic E-state index is 15.2. The smallest absolute Gasteiger partial charge is 0.414 e. The van der Waals surface area contributed by atoms with Crippen LogP contribution in [-0.2, 0) is 20.9 Å². The largest absolute Gasteiger partial charge is 0.442 e. The van der Waals surface area contributed by atoms with Crippen molar-refractivity contribution in [2.75, 3.05) is 45.8 Å². The first-order valence-corrected chi connectivity index (χ1v) is 12.2. The highest BCUT2D eigenvalue weighted by Crippen LogP contribution is 2.30. The maximum Gasteiger partial charge on any atom is 0.414 e. The zero-order valence-corrected chi connectivity index (χ0v) is 20.4. The molecule has 1 aromatic carbocycles. The molecule has 0 spiro atoms. The van der Waals surface area contributed by atoms with Gasteiger partial charge >= 0.3 is 6.09 Å². The zero-order valence-electron chi connectivity index (χ0n) is 20.4. The molecule has 0 bridgehead atoms. The summed E-state index contributed by atoms with van der Waals surface area (Å²) in [6.45, 7) is 5.78. The quantitative estimate of drug-likeness (QED) is 0.505. The monoisotopic (exact) mass is 497 g/mol. The lowest BCUT2D eigenvalue weighted by Gasteiger charge is -2.27. The Kier molecular flexibility index (Phi) is 8.50. The van der Waals surface area contributed by atoms with Crippen LogP contribution in [-0.4, -0.2) is 79.6 Å². The third-order valence-corrected chi connectivity index (χ3v) is 6.32. The van der Waals surface area contributed by atoms with Crippen LogP contribution in [0.3, 0.4) is 0 Å². The SMILES string of the molecule is CC(=O)NCC1CN(C2=CC(F)=C(c3ccc(CNCC(=O)N4CCNCC4)cc3)CC=C2)C(=O)O1. The van der Waals surface area contributed by atoms with E-state index in [0.29, 0.717) is 24.2 Å². The van der Waals surface area contributed by atoms with Crippen LogP contribution in [0.2, 0.25) is 0 Å². The van der Waals surface area contributed by atoms with Gasteiger partial charge in [-0.1, -0.05) is 30.3 Å². The van der Waals surface area contributed by atoms with Gasteiger partial charge in [0.15, 0.2) is 0 Å². The molecule has 36 heavy (non-hydrogen) atoms. The van der Waals surface area contributed by atoms with Crippen molar-refractivity contribution in [2.24, 2.45) is 0 Å². The van der Waals surface area contributed by atoms with Gasteiger partial charge < -0.3 is 25.6 Å². The highest BCUT2D eigenvalue weighted by atomic mass is 19.1. The zero-order chi connectivity index (χ0) is 25.5. The number of benzene rings is 1. The lowest BCUT2D eigenvalue weighted by atomic mass is 10.0. The summed E-state index contributed by atoms with van der Waals surface area (Å²) in [4.78, 5) is 38.9. The van der Waals surface area contributed by atoms with Gasteiger partial charge in [0.1, 0.15) is 11.9 Å². The van der Waals surface area contributed by atoms with Crippen LogP contribution in [0.5, 0.6) is 0 Å². The number of halogens is 1. The van der Waals surface area contributed by atoms with Crippen molar-refractivity contribution in [1.82, 2.24) is 25.8 Å². The molecule has 2 aliphatic heterocycles. The number of nitrogens with one attached hydrogen (secondary N) is 3. The van der Waals surface area contributed by atoms with Crippen molar-refractivity contribution in [3.8, 4) is 0 Å². The molecule has 192 valence electrons. The number of hydrogen-bond acceptors (Lipinski definition) is 6. The molecule has 1 aromatic rings. The number of nitrogens with zero attached hydrogens (tertiary/aromatic N) is 2. The number of ether oxygens (including phenoxy) is 1. The summed E-state index contributed by atoms with van der Waals surface area (Å²) >= 11 is 0. The van der Waals surface area contributed by atoms with Crippen LogP contribution in [0.1, 0.15) is 24.5 Å². The van der Waals surface area contributed by atoms with Crippen molar-refractivity contribution >= 4 is 23.5 Å². The van der Waals surface area contributed by atoms with E-state index >= 15 is 4.39 Å². The van der Waals surface area contributed by atoms with Crippen molar-refractivity contribution in [1.29, 1.82) is 0 Å². The second kappa shape index (κ2) is 12.0. The van der Waals surface area contributed by atoms with Crippen LogP contribution in [0, 0.1) is 0 Å². The number of cyclic esters (lactones) is 1. The first-order valence-electron chi connectivity index (χ1n) is 12.2. The molecule has 1 aliphatic carbocycles. The molecule has 2 fully saturated rings. The standard InChI is InChI=1S/C26H32FN5O4/c1-18(33)30-15-22-17-32(26(35)36-22)21-3-2-4-23(24(27)13-21)20-7-5-19(6-8-20)14-29-16-25(34)31-11-9-28-10-12-31/h2-3,5-8,13,22,28-29H,4,9-12,14-17H2,1H3,(H,30,33). The van der Waals surface area contributed by atoms with Gasteiger partial charge in [-0.3, -0.25) is 14.5 Å². The molecule has 0 aromatic heterocycles. The fraction of sp³-hybridized carbons (Fsp3) is 0.423. The molecule has 1 unspecified atom stereocenters. The number of piperazine rings is 1. The van der Waals surface area contributed by atoms with Gasteiger partial charge in [-0.2, -0.15) is 0 Å². The molecule has 0 radical (unpaired) electrons. The van der Waals surface area contributed by atoms with Gasteiger partial charge in [0.2, 0.25) is 11.8 Å². The van der Waals surface area contributed by atoms with E-state index < -0.39 is 18.0 Å². The van der Waals surface area contributed by atoms with Gasteiger partial charge in [0, 0.05) is 45.3 Å². The van der Waals surface area contributed by atoms with Gasteiger partial charge in [0.05, 0.1) is 19.6 Å². The topological polar surface area (TPSA) is 103 Å². The summed E-state index contributed by atoms with van der Waals surface area (Å²) in [6, 6.07) is 7.57. The minimum atomic E-state index is -0.565. The Morgan fingerprint density at radius 3 is 2.67 bits per heavy atom. The Balaban J connectivity index is 1.35. The van der Waals surface area contributed by atoms with Gasteiger partial charge in [0.25, 0.3) is 0 Å². The number of carbonyl (C=O) groups excluding carboxylic acids is 3. The molecule has 2 saturated heterocycles. The second-order valence-corrected chi connectivity index (χ2v) is 8.99. The molecule has 4 rings (SSSR count). The summed E-state index contributed by atoms with van der Waals surface area (Å²) in [5.74, 6) is -0.528. The van der Waals surface area contributed by atoms with Crippen LogP contribution in [0.25, 0.3) is 5.57 Å². The van der Waals surface area contributed by atoms with Crippen molar-refractivity contribution < 1.29 is 23.5 Å². The van der Waals surface area contributed by atoms with Crippen LogP contribution in [0.15, 0.2) is 54.0 Å². The minimum absolute atomic E-state index is 0.0940. The van der Waals surface area contributed by atoms with E-state index in [1.54, 1.807) is 6.08 Å². The summed E-state index contributed by atoms with van der Waals surface area (Å²) in [6.07, 6.45) is 4.20. The predicted molar refractivity (Wildman–Crippen MR) is 133 cm³/mol. The predicted octanol–water partition coefficient (Wildman–Crippen LogP) is 1.69. The van der Waals surface area contributed by atoms with Crippen LogP contribution >= 0.6 is 0 Å². The number of rotatable bonds is 8. The Bertz CT molecular complexity index is 1080. The molecule has 3 aliphatic rings. The normalized spacial score (nSPS) is 20.2. The molecular formula is C26H32FN5O4. The van der Waals surface area contributed by atoms with Crippen molar-refractivity contribution in [2.45, 2.75) is 26.0 Å².